The molecule has 2 heterocycles. The molecule has 0 bridgehead atoms. The van der Waals surface area contributed by atoms with Crippen LogP contribution in [0.5, 0.6) is 0 Å². The first-order valence-electron chi connectivity index (χ1n) is 6.06. The van der Waals surface area contributed by atoms with Gasteiger partial charge in [-0.3, -0.25) is 4.68 Å². The van der Waals surface area contributed by atoms with E-state index in [0.717, 1.165) is 22.8 Å². The molecule has 20 heavy (non-hydrogen) atoms. The second kappa shape index (κ2) is 5.41. The number of anilines is 2. The van der Waals surface area contributed by atoms with Crippen LogP contribution in [0.25, 0.3) is 0 Å². The zero-order valence-electron chi connectivity index (χ0n) is 11.5. The van der Waals surface area contributed by atoms with Gasteiger partial charge >= 0.3 is 0 Å². The first kappa shape index (κ1) is 14.8. The van der Waals surface area contributed by atoms with Crippen molar-refractivity contribution in [3.05, 3.63) is 17.5 Å². The third kappa shape index (κ3) is 2.63. The fraction of sp³-hybridized carbons (Fsp3) is 0.455. The minimum Gasteiger partial charge on any atom is -0.382 e. The summed E-state index contributed by atoms with van der Waals surface area (Å²) >= 11 is 1.06. The molecule has 7 nitrogen and oxygen atoms in total. The fourth-order valence-corrected chi connectivity index (χ4v) is 3.91. The quantitative estimate of drug-likeness (QED) is 0.858. The summed E-state index contributed by atoms with van der Waals surface area (Å²) in [7, 11) is -1.53. The standard InChI is InChI=1S/C11H17N5O2S2/c1-4-20(17,18)9-10(12)15-19-11(9)13-5-8-6-14-16(3)7(8)2/h6,13H,4-5H2,1-3H3,(H2,12,15). The maximum Gasteiger partial charge on any atom is 0.184 e. The van der Waals surface area contributed by atoms with Crippen LogP contribution in [0.1, 0.15) is 18.2 Å². The highest BCUT2D eigenvalue weighted by atomic mass is 32.2. The first-order chi connectivity index (χ1) is 9.36. The maximum atomic E-state index is 12.0. The van der Waals surface area contributed by atoms with Crippen molar-refractivity contribution in [2.24, 2.45) is 7.05 Å². The van der Waals surface area contributed by atoms with Crippen LogP contribution in [0.2, 0.25) is 0 Å². The average Bonchev–Trinajstić information content (AvgIpc) is 2.93. The van der Waals surface area contributed by atoms with Gasteiger partial charge in [0.15, 0.2) is 15.7 Å². The van der Waals surface area contributed by atoms with Gasteiger partial charge in [0, 0.05) is 24.8 Å². The molecular formula is C11H17N5O2S2. The van der Waals surface area contributed by atoms with Crippen LogP contribution in [-0.2, 0) is 23.4 Å². The molecule has 0 amide bonds. The van der Waals surface area contributed by atoms with Gasteiger partial charge in [0.25, 0.3) is 0 Å². The summed E-state index contributed by atoms with van der Waals surface area (Å²) in [6, 6.07) is 0. The van der Waals surface area contributed by atoms with Gasteiger partial charge in [-0.25, -0.2) is 8.42 Å². The SMILES string of the molecule is CCS(=O)(=O)c1c(N)nsc1NCc1cnn(C)c1C. The molecule has 2 aromatic rings. The average molecular weight is 315 g/mol. The fourth-order valence-electron chi connectivity index (χ4n) is 1.74. The first-order valence-corrected chi connectivity index (χ1v) is 8.48. The van der Waals surface area contributed by atoms with Crippen LogP contribution in [-0.4, -0.2) is 28.3 Å². The Morgan fingerprint density at radius 3 is 2.75 bits per heavy atom. The number of sulfone groups is 1. The predicted octanol–water partition coefficient (Wildman–Crippen LogP) is 1.17. The molecule has 0 unspecified atom stereocenters. The summed E-state index contributed by atoms with van der Waals surface area (Å²) in [6.45, 7) is 4.02. The van der Waals surface area contributed by atoms with Crippen molar-refractivity contribution in [2.45, 2.75) is 25.3 Å². The van der Waals surface area contributed by atoms with Crippen molar-refractivity contribution < 1.29 is 8.42 Å². The molecule has 0 spiro atoms. The van der Waals surface area contributed by atoms with Crippen molar-refractivity contribution in [2.75, 3.05) is 16.8 Å². The van der Waals surface area contributed by atoms with E-state index in [-0.39, 0.29) is 16.5 Å². The Kier molecular flexibility index (Phi) is 4.00. The van der Waals surface area contributed by atoms with Crippen molar-refractivity contribution in [1.82, 2.24) is 14.2 Å². The van der Waals surface area contributed by atoms with Gasteiger partial charge in [0.1, 0.15) is 9.90 Å². The minimum absolute atomic E-state index is 0.00376. The van der Waals surface area contributed by atoms with Crippen LogP contribution in [0.15, 0.2) is 11.1 Å². The van der Waals surface area contributed by atoms with Gasteiger partial charge in [-0.2, -0.15) is 9.47 Å². The topological polar surface area (TPSA) is 103 Å². The molecule has 0 aliphatic heterocycles. The Bertz CT molecular complexity index is 717. The molecule has 2 rings (SSSR count). The summed E-state index contributed by atoms with van der Waals surface area (Å²) in [5.41, 5.74) is 7.69. The van der Waals surface area contributed by atoms with Crippen LogP contribution < -0.4 is 11.1 Å². The van der Waals surface area contributed by atoms with Crippen molar-refractivity contribution in [1.29, 1.82) is 0 Å². The van der Waals surface area contributed by atoms with Crippen molar-refractivity contribution >= 4 is 32.2 Å². The molecule has 3 N–H and O–H groups in total. The second-order valence-electron chi connectivity index (χ2n) is 4.36. The van der Waals surface area contributed by atoms with Crippen molar-refractivity contribution in [3.8, 4) is 0 Å². The van der Waals surface area contributed by atoms with Gasteiger partial charge in [-0.05, 0) is 18.5 Å². The lowest BCUT2D eigenvalue weighted by molar-refractivity contribution is 0.598. The van der Waals surface area contributed by atoms with E-state index >= 15 is 0 Å². The molecule has 0 saturated carbocycles. The summed E-state index contributed by atoms with van der Waals surface area (Å²) in [4.78, 5) is 0.103. The van der Waals surface area contributed by atoms with E-state index in [9.17, 15) is 8.42 Å². The Labute approximate surface area is 121 Å². The number of hydrogen-bond acceptors (Lipinski definition) is 7. The summed E-state index contributed by atoms with van der Waals surface area (Å²) < 4.78 is 29.7. The normalized spacial score (nSPS) is 11.8. The third-order valence-corrected chi connectivity index (χ3v) is 5.89. The number of rotatable bonds is 5. The van der Waals surface area contributed by atoms with E-state index in [1.807, 2.05) is 14.0 Å². The van der Waals surface area contributed by atoms with Gasteiger partial charge in [0.05, 0.1) is 11.9 Å². The largest absolute Gasteiger partial charge is 0.382 e. The lowest BCUT2D eigenvalue weighted by Gasteiger charge is -2.07. The van der Waals surface area contributed by atoms with E-state index in [1.165, 1.54) is 0 Å². The summed E-state index contributed by atoms with van der Waals surface area (Å²) in [6.07, 6.45) is 1.75. The Morgan fingerprint density at radius 1 is 1.50 bits per heavy atom. The number of nitrogen functional groups attached to an aromatic ring is 1. The van der Waals surface area contributed by atoms with E-state index < -0.39 is 9.84 Å². The Morgan fingerprint density at radius 2 is 2.20 bits per heavy atom. The van der Waals surface area contributed by atoms with Crippen LogP contribution in [0.3, 0.4) is 0 Å². The molecule has 0 aliphatic rings. The molecule has 110 valence electrons. The number of hydrogen-bond donors (Lipinski definition) is 2. The lowest BCUT2D eigenvalue weighted by Crippen LogP contribution is -2.09. The molecule has 0 saturated heterocycles. The Hall–Kier alpha value is -1.61. The van der Waals surface area contributed by atoms with Gasteiger partial charge < -0.3 is 11.1 Å². The molecule has 0 fully saturated rings. The number of nitrogens with zero attached hydrogens (tertiary/aromatic N) is 3. The van der Waals surface area contributed by atoms with E-state index in [0.29, 0.717) is 11.5 Å². The number of nitrogens with two attached hydrogens (primary N) is 1. The monoisotopic (exact) mass is 315 g/mol. The molecule has 2 aromatic heterocycles. The highest BCUT2D eigenvalue weighted by Crippen LogP contribution is 2.32. The molecule has 0 atom stereocenters. The summed E-state index contributed by atoms with van der Waals surface area (Å²) in [5, 5.41) is 7.71. The van der Waals surface area contributed by atoms with E-state index in [1.54, 1.807) is 17.8 Å². The van der Waals surface area contributed by atoms with Crippen LogP contribution in [0, 0.1) is 6.92 Å². The molecule has 0 aromatic carbocycles. The smallest absolute Gasteiger partial charge is 0.184 e. The number of aryl methyl sites for hydroxylation is 1. The minimum atomic E-state index is -3.39. The Balaban J connectivity index is 2.25. The zero-order valence-corrected chi connectivity index (χ0v) is 13.2. The maximum absolute atomic E-state index is 12.0. The lowest BCUT2D eigenvalue weighted by atomic mass is 10.2. The van der Waals surface area contributed by atoms with Crippen LogP contribution in [0.4, 0.5) is 10.8 Å². The molecule has 0 aliphatic carbocycles. The highest BCUT2D eigenvalue weighted by molar-refractivity contribution is 7.91. The third-order valence-electron chi connectivity index (χ3n) is 3.14. The number of aromatic nitrogens is 3. The van der Waals surface area contributed by atoms with Crippen LogP contribution >= 0.6 is 11.5 Å². The highest BCUT2D eigenvalue weighted by Gasteiger charge is 2.23. The second-order valence-corrected chi connectivity index (χ2v) is 7.35. The van der Waals surface area contributed by atoms with E-state index in [4.69, 9.17) is 5.73 Å². The van der Waals surface area contributed by atoms with Gasteiger partial charge in [-0.1, -0.05) is 6.92 Å². The van der Waals surface area contributed by atoms with Gasteiger partial charge in [-0.15, -0.1) is 0 Å². The zero-order chi connectivity index (χ0) is 14.9. The summed E-state index contributed by atoms with van der Waals surface area (Å²) in [5.74, 6) is 0.0539. The molecular weight excluding hydrogens is 298 g/mol. The van der Waals surface area contributed by atoms with E-state index in [2.05, 4.69) is 14.8 Å². The van der Waals surface area contributed by atoms with Crippen molar-refractivity contribution in [3.63, 3.8) is 0 Å². The predicted molar refractivity (Wildman–Crippen MR) is 79.5 cm³/mol. The number of nitrogens with one attached hydrogen (secondary N) is 1. The molecule has 0 radical (unpaired) electrons. The molecule has 9 heteroatoms. The van der Waals surface area contributed by atoms with Gasteiger partial charge in [0.2, 0.25) is 0 Å².